The van der Waals surface area contributed by atoms with Crippen LogP contribution in [0, 0.1) is 0 Å². The zero-order valence-corrected chi connectivity index (χ0v) is 5.39. The van der Waals surface area contributed by atoms with Crippen LogP contribution < -0.4 is 0 Å². The molecular weight excluding hydrogens is 104 g/mol. The first kappa shape index (κ1) is 6.05. The first-order chi connectivity index (χ1) is 3.80. The molecule has 0 aromatic carbocycles. The summed E-state index contributed by atoms with van der Waals surface area (Å²) >= 11 is 0. The highest BCUT2D eigenvalue weighted by molar-refractivity contribution is 4.63. The zero-order valence-electron chi connectivity index (χ0n) is 5.39. The molecule has 1 heterocycles. The number of rotatable bonds is 0. The van der Waals surface area contributed by atoms with E-state index in [0.717, 1.165) is 13.2 Å². The van der Waals surface area contributed by atoms with Gasteiger partial charge in [-0.25, -0.2) is 0 Å². The van der Waals surface area contributed by atoms with Crippen molar-refractivity contribution in [3.05, 3.63) is 0 Å². The summed E-state index contributed by atoms with van der Waals surface area (Å²) in [5, 5.41) is 0. The Hall–Kier alpha value is -0.0800. The molecule has 0 N–H and O–H groups in total. The molecule has 0 unspecified atom stereocenters. The Morgan fingerprint density at radius 2 is 1.38 bits per heavy atom. The minimum absolute atomic E-state index is 0.281. The highest BCUT2D eigenvalue weighted by Gasteiger charge is 2.16. The van der Waals surface area contributed by atoms with Crippen molar-refractivity contribution in [2.24, 2.45) is 0 Å². The molecule has 1 rings (SSSR count). The second-order valence-corrected chi connectivity index (χ2v) is 2.15. The summed E-state index contributed by atoms with van der Waals surface area (Å²) in [6, 6.07) is 0. The standard InChI is InChI=1S/C6H12O2/c1-5-6(2)8-4-3-7-5/h5-6H,3-4H2,1-2H3/t5-,6-/m1/s1. The summed E-state index contributed by atoms with van der Waals surface area (Å²) in [5.41, 5.74) is 0. The van der Waals surface area contributed by atoms with Gasteiger partial charge in [0.1, 0.15) is 0 Å². The Kier molecular flexibility index (Phi) is 1.86. The number of hydrogen-bond donors (Lipinski definition) is 0. The lowest BCUT2D eigenvalue weighted by atomic mass is 10.2. The molecule has 0 radical (unpaired) electrons. The second kappa shape index (κ2) is 2.46. The molecule has 1 aliphatic rings. The maximum absolute atomic E-state index is 5.27. The fourth-order valence-corrected chi connectivity index (χ4v) is 0.739. The summed E-state index contributed by atoms with van der Waals surface area (Å²) in [5.74, 6) is 0. The van der Waals surface area contributed by atoms with Gasteiger partial charge in [0, 0.05) is 0 Å². The maximum Gasteiger partial charge on any atom is 0.0807 e. The lowest BCUT2D eigenvalue weighted by Gasteiger charge is -2.25. The molecule has 2 nitrogen and oxygen atoms in total. The van der Waals surface area contributed by atoms with Crippen molar-refractivity contribution in [3.63, 3.8) is 0 Å². The van der Waals surface area contributed by atoms with E-state index in [-0.39, 0.29) is 12.2 Å². The molecule has 0 saturated carbocycles. The molecule has 2 atom stereocenters. The molecule has 0 aliphatic carbocycles. The van der Waals surface area contributed by atoms with Crippen molar-refractivity contribution in [2.75, 3.05) is 13.2 Å². The smallest absolute Gasteiger partial charge is 0.0807 e. The van der Waals surface area contributed by atoms with E-state index in [9.17, 15) is 0 Å². The van der Waals surface area contributed by atoms with Crippen LogP contribution in [0.25, 0.3) is 0 Å². The number of ether oxygens (including phenoxy) is 2. The van der Waals surface area contributed by atoms with E-state index in [1.54, 1.807) is 0 Å². The monoisotopic (exact) mass is 116 g/mol. The molecule has 0 aromatic rings. The van der Waals surface area contributed by atoms with Crippen molar-refractivity contribution in [1.82, 2.24) is 0 Å². The summed E-state index contributed by atoms with van der Waals surface area (Å²) in [4.78, 5) is 0. The topological polar surface area (TPSA) is 18.5 Å². The predicted molar refractivity (Wildman–Crippen MR) is 30.8 cm³/mol. The summed E-state index contributed by atoms with van der Waals surface area (Å²) in [6.07, 6.45) is 0.562. The molecule has 1 aliphatic heterocycles. The fourth-order valence-electron chi connectivity index (χ4n) is 0.739. The fraction of sp³-hybridized carbons (Fsp3) is 1.00. The number of hydrogen-bond acceptors (Lipinski definition) is 2. The third-order valence-electron chi connectivity index (χ3n) is 1.51. The van der Waals surface area contributed by atoms with Crippen LogP contribution in [0.5, 0.6) is 0 Å². The molecule has 0 amide bonds. The minimum Gasteiger partial charge on any atom is -0.373 e. The average Bonchev–Trinajstić information content (AvgIpc) is 1.77. The van der Waals surface area contributed by atoms with Gasteiger partial charge in [0.15, 0.2) is 0 Å². The van der Waals surface area contributed by atoms with Crippen molar-refractivity contribution in [1.29, 1.82) is 0 Å². The average molecular weight is 116 g/mol. The summed E-state index contributed by atoms with van der Waals surface area (Å²) in [6.45, 7) is 5.57. The van der Waals surface area contributed by atoms with Gasteiger partial charge in [-0.2, -0.15) is 0 Å². The van der Waals surface area contributed by atoms with Gasteiger partial charge in [0.25, 0.3) is 0 Å². The highest BCUT2D eigenvalue weighted by Crippen LogP contribution is 2.07. The molecule has 0 aromatic heterocycles. The summed E-state index contributed by atoms with van der Waals surface area (Å²) < 4.78 is 10.5. The second-order valence-electron chi connectivity index (χ2n) is 2.15. The highest BCUT2D eigenvalue weighted by atomic mass is 16.6. The molecule has 48 valence electrons. The molecule has 1 saturated heterocycles. The van der Waals surface area contributed by atoms with Crippen LogP contribution >= 0.6 is 0 Å². The van der Waals surface area contributed by atoms with Crippen LogP contribution in [0.1, 0.15) is 13.8 Å². The van der Waals surface area contributed by atoms with E-state index in [2.05, 4.69) is 0 Å². The van der Waals surface area contributed by atoms with E-state index in [1.807, 2.05) is 13.8 Å². The molecule has 0 spiro atoms. The van der Waals surface area contributed by atoms with Gasteiger partial charge >= 0.3 is 0 Å². The molecule has 2 heteroatoms. The molecular formula is C6H12O2. The van der Waals surface area contributed by atoms with Crippen LogP contribution in [-0.2, 0) is 9.47 Å². The molecule has 1 fully saturated rings. The normalized spacial score (nSPS) is 39.8. The van der Waals surface area contributed by atoms with Crippen molar-refractivity contribution >= 4 is 0 Å². The van der Waals surface area contributed by atoms with Gasteiger partial charge in [-0.3, -0.25) is 0 Å². The Labute approximate surface area is 49.8 Å². The van der Waals surface area contributed by atoms with Crippen LogP contribution in [0.15, 0.2) is 0 Å². The van der Waals surface area contributed by atoms with Crippen molar-refractivity contribution in [2.45, 2.75) is 26.1 Å². The Bertz CT molecular complexity index is 62.9. The van der Waals surface area contributed by atoms with Gasteiger partial charge in [-0.15, -0.1) is 0 Å². The van der Waals surface area contributed by atoms with Crippen molar-refractivity contribution < 1.29 is 9.47 Å². The predicted octanol–water partition coefficient (Wildman–Crippen LogP) is 0.810. The van der Waals surface area contributed by atoms with E-state index in [0.29, 0.717) is 0 Å². The van der Waals surface area contributed by atoms with Gasteiger partial charge in [0.05, 0.1) is 25.4 Å². The lowest BCUT2D eigenvalue weighted by molar-refractivity contribution is -0.124. The first-order valence-electron chi connectivity index (χ1n) is 3.04. The molecule has 8 heavy (non-hydrogen) atoms. The zero-order chi connectivity index (χ0) is 5.98. The third-order valence-corrected chi connectivity index (χ3v) is 1.51. The van der Waals surface area contributed by atoms with Crippen LogP contribution in [0.3, 0.4) is 0 Å². The molecule has 0 bridgehead atoms. The quantitative estimate of drug-likeness (QED) is 0.466. The van der Waals surface area contributed by atoms with Crippen LogP contribution in [-0.4, -0.2) is 25.4 Å². The van der Waals surface area contributed by atoms with E-state index in [4.69, 9.17) is 9.47 Å². The van der Waals surface area contributed by atoms with E-state index in [1.165, 1.54) is 0 Å². The Morgan fingerprint density at radius 3 is 1.62 bits per heavy atom. The van der Waals surface area contributed by atoms with Crippen molar-refractivity contribution in [3.8, 4) is 0 Å². The lowest BCUT2D eigenvalue weighted by Crippen LogP contribution is -2.33. The third kappa shape index (κ3) is 1.20. The van der Waals surface area contributed by atoms with E-state index >= 15 is 0 Å². The SMILES string of the molecule is C[C@H]1OCCO[C@@H]1C. The van der Waals surface area contributed by atoms with Gasteiger partial charge in [0.2, 0.25) is 0 Å². The van der Waals surface area contributed by atoms with Gasteiger partial charge < -0.3 is 9.47 Å². The Morgan fingerprint density at radius 1 is 1.00 bits per heavy atom. The van der Waals surface area contributed by atoms with Crippen LogP contribution in [0.4, 0.5) is 0 Å². The minimum atomic E-state index is 0.281. The summed E-state index contributed by atoms with van der Waals surface area (Å²) in [7, 11) is 0. The van der Waals surface area contributed by atoms with Crippen LogP contribution in [0.2, 0.25) is 0 Å². The largest absolute Gasteiger partial charge is 0.373 e. The van der Waals surface area contributed by atoms with Gasteiger partial charge in [-0.1, -0.05) is 0 Å². The van der Waals surface area contributed by atoms with E-state index < -0.39 is 0 Å². The first-order valence-corrected chi connectivity index (χ1v) is 3.04. The van der Waals surface area contributed by atoms with Gasteiger partial charge in [-0.05, 0) is 13.8 Å². The Balaban J connectivity index is 2.28. The maximum atomic E-state index is 5.27.